The highest BCUT2D eigenvalue weighted by Gasteiger charge is 2.05. The van der Waals surface area contributed by atoms with Crippen LogP contribution in [0.15, 0.2) is 57.1 Å². The van der Waals surface area contributed by atoms with Crippen molar-refractivity contribution in [2.24, 2.45) is 0 Å². The average Bonchev–Trinajstić information content (AvgIpc) is 2.91. The van der Waals surface area contributed by atoms with Crippen LogP contribution in [0.5, 0.6) is 0 Å². The summed E-state index contributed by atoms with van der Waals surface area (Å²) in [6, 6.07) is 13.0. The van der Waals surface area contributed by atoms with Gasteiger partial charge in [-0.2, -0.15) is 4.98 Å². The molecule has 0 bridgehead atoms. The molecule has 94 valence electrons. The summed E-state index contributed by atoms with van der Waals surface area (Å²) >= 11 is 1.68. The zero-order chi connectivity index (χ0) is 13.2. The lowest BCUT2D eigenvalue weighted by Crippen LogP contribution is -2.07. The second-order valence-electron chi connectivity index (χ2n) is 3.95. The second-order valence-corrected chi connectivity index (χ2v) is 4.90. The van der Waals surface area contributed by atoms with Gasteiger partial charge in [0.05, 0.1) is 0 Å². The molecule has 0 saturated carbocycles. The van der Waals surface area contributed by atoms with Gasteiger partial charge >= 0.3 is 0 Å². The maximum atomic E-state index is 11.3. The first kappa shape index (κ1) is 11.7. The number of nitrogens with two attached hydrogens (primary N) is 1. The van der Waals surface area contributed by atoms with E-state index in [-0.39, 0.29) is 6.01 Å². The van der Waals surface area contributed by atoms with Gasteiger partial charge in [-0.05, 0) is 17.0 Å². The Labute approximate surface area is 113 Å². The number of rotatable bonds is 2. The maximum Gasteiger partial charge on any atom is 0.295 e. The van der Waals surface area contributed by atoms with E-state index in [0.717, 1.165) is 11.1 Å². The average molecular weight is 270 g/mol. The molecule has 0 radical (unpaired) electrons. The Bertz CT molecular complexity index is 746. The number of anilines is 1. The Morgan fingerprint density at radius 3 is 2.47 bits per heavy atom. The molecule has 1 aromatic carbocycles. The summed E-state index contributed by atoms with van der Waals surface area (Å²) in [5.74, 6) is 0.426. The number of nitrogen functional groups attached to an aromatic ring is 1. The molecule has 3 aromatic rings. The normalized spacial score (nSPS) is 10.5. The molecule has 0 aliphatic carbocycles. The van der Waals surface area contributed by atoms with Gasteiger partial charge in [0.1, 0.15) is 5.76 Å². The van der Waals surface area contributed by atoms with E-state index in [2.05, 4.69) is 11.1 Å². The van der Waals surface area contributed by atoms with E-state index < -0.39 is 5.56 Å². The number of benzene rings is 1. The van der Waals surface area contributed by atoms with Crippen molar-refractivity contribution in [3.63, 3.8) is 0 Å². The van der Waals surface area contributed by atoms with Gasteiger partial charge in [0, 0.05) is 16.5 Å². The summed E-state index contributed by atoms with van der Waals surface area (Å²) in [5.41, 5.74) is 6.95. The van der Waals surface area contributed by atoms with Gasteiger partial charge in [-0.15, -0.1) is 11.3 Å². The standard InChI is InChI=1S/C14H10N2O2S/c15-14-16-13(17)8-11(18-14)9-3-5-10(6-4-9)12-2-1-7-19-12/h1-8H,(H2,15,16,17). The van der Waals surface area contributed by atoms with Crippen LogP contribution in [0.1, 0.15) is 0 Å². The fraction of sp³-hybridized carbons (Fsp3) is 0. The van der Waals surface area contributed by atoms with Crippen LogP contribution in [0.4, 0.5) is 6.01 Å². The summed E-state index contributed by atoms with van der Waals surface area (Å²) in [7, 11) is 0. The first-order valence-corrected chi connectivity index (χ1v) is 6.52. The topological polar surface area (TPSA) is 69.1 Å². The van der Waals surface area contributed by atoms with Gasteiger partial charge in [-0.3, -0.25) is 4.79 Å². The molecule has 2 heterocycles. The lowest BCUT2D eigenvalue weighted by atomic mass is 10.1. The summed E-state index contributed by atoms with van der Waals surface area (Å²) in [6.45, 7) is 0. The molecule has 2 N–H and O–H groups in total. The maximum absolute atomic E-state index is 11.3. The van der Waals surface area contributed by atoms with Crippen LogP contribution in [0.2, 0.25) is 0 Å². The molecular weight excluding hydrogens is 260 g/mol. The van der Waals surface area contributed by atoms with Crippen LogP contribution < -0.4 is 11.3 Å². The zero-order valence-electron chi connectivity index (χ0n) is 9.87. The molecule has 0 unspecified atom stereocenters. The van der Waals surface area contributed by atoms with Crippen molar-refractivity contribution in [3.8, 4) is 21.8 Å². The zero-order valence-corrected chi connectivity index (χ0v) is 10.7. The molecule has 3 rings (SSSR count). The van der Waals surface area contributed by atoms with Crippen molar-refractivity contribution >= 4 is 17.4 Å². The largest absolute Gasteiger partial charge is 0.425 e. The molecule has 0 fully saturated rings. The van der Waals surface area contributed by atoms with Gasteiger partial charge in [0.25, 0.3) is 11.6 Å². The number of nitrogens with zero attached hydrogens (tertiary/aromatic N) is 1. The van der Waals surface area contributed by atoms with Crippen LogP contribution in [0.3, 0.4) is 0 Å². The monoisotopic (exact) mass is 270 g/mol. The predicted octanol–water partition coefficient (Wildman–Crippen LogP) is 3.01. The highest BCUT2D eigenvalue weighted by atomic mass is 32.1. The smallest absolute Gasteiger partial charge is 0.295 e. The summed E-state index contributed by atoms with van der Waals surface area (Å²) in [6.07, 6.45) is 0. The summed E-state index contributed by atoms with van der Waals surface area (Å²) < 4.78 is 5.24. The van der Waals surface area contributed by atoms with Crippen molar-refractivity contribution in [3.05, 3.63) is 58.2 Å². The third-order valence-corrected chi connectivity index (χ3v) is 3.58. The Balaban J connectivity index is 2.01. The molecule has 19 heavy (non-hydrogen) atoms. The van der Waals surface area contributed by atoms with Gasteiger partial charge < -0.3 is 10.2 Å². The SMILES string of the molecule is Nc1nc(=O)cc(-c2ccc(-c3cccs3)cc2)o1. The van der Waals surface area contributed by atoms with Crippen molar-refractivity contribution in [2.75, 3.05) is 5.73 Å². The van der Waals surface area contributed by atoms with Crippen LogP contribution in [-0.2, 0) is 0 Å². The minimum absolute atomic E-state index is 0.121. The first-order valence-electron chi connectivity index (χ1n) is 5.64. The van der Waals surface area contributed by atoms with Crippen LogP contribution in [0.25, 0.3) is 21.8 Å². The lowest BCUT2D eigenvalue weighted by Gasteiger charge is -2.02. The van der Waals surface area contributed by atoms with Crippen molar-refractivity contribution in [1.82, 2.24) is 4.98 Å². The minimum Gasteiger partial charge on any atom is -0.425 e. The van der Waals surface area contributed by atoms with Gasteiger partial charge in [-0.1, -0.05) is 30.3 Å². The highest BCUT2D eigenvalue weighted by Crippen LogP contribution is 2.27. The Hall–Kier alpha value is -2.40. The molecule has 5 heteroatoms. The Kier molecular flexibility index (Phi) is 2.89. The van der Waals surface area contributed by atoms with E-state index in [1.54, 1.807) is 11.3 Å². The third-order valence-electron chi connectivity index (χ3n) is 2.66. The molecule has 0 saturated heterocycles. The fourth-order valence-corrected chi connectivity index (χ4v) is 2.53. The van der Waals surface area contributed by atoms with E-state index in [1.165, 1.54) is 10.9 Å². The molecule has 0 amide bonds. The summed E-state index contributed by atoms with van der Waals surface area (Å²) in [4.78, 5) is 16.0. The second kappa shape index (κ2) is 4.70. The number of hydrogen-bond donors (Lipinski definition) is 1. The summed E-state index contributed by atoms with van der Waals surface area (Å²) in [5, 5.41) is 2.03. The molecule has 2 aromatic heterocycles. The van der Waals surface area contributed by atoms with E-state index in [0.29, 0.717) is 5.76 Å². The van der Waals surface area contributed by atoms with Crippen LogP contribution >= 0.6 is 11.3 Å². The van der Waals surface area contributed by atoms with E-state index in [4.69, 9.17) is 10.2 Å². The van der Waals surface area contributed by atoms with Crippen LogP contribution in [-0.4, -0.2) is 4.98 Å². The molecule has 0 aliphatic rings. The number of hydrogen-bond acceptors (Lipinski definition) is 5. The number of aromatic nitrogens is 1. The molecule has 4 nitrogen and oxygen atoms in total. The quantitative estimate of drug-likeness (QED) is 0.777. The predicted molar refractivity (Wildman–Crippen MR) is 75.9 cm³/mol. The first-order chi connectivity index (χ1) is 9.22. The van der Waals surface area contributed by atoms with Gasteiger partial charge in [0.2, 0.25) is 0 Å². The van der Waals surface area contributed by atoms with Gasteiger partial charge in [0.15, 0.2) is 0 Å². The van der Waals surface area contributed by atoms with Gasteiger partial charge in [-0.25, -0.2) is 0 Å². The Morgan fingerprint density at radius 1 is 1.11 bits per heavy atom. The van der Waals surface area contributed by atoms with Crippen LogP contribution in [0, 0.1) is 0 Å². The Morgan fingerprint density at radius 2 is 1.84 bits per heavy atom. The minimum atomic E-state index is -0.402. The lowest BCUT2D eigenvalue weighted by molar-refractivity contribution is 0.564. The molecule has 0 aliphatic heterocycles. The van der Waals surface area contributed by atoms with Crippen molar-refractivity contribution in [2.45, 2.75) is 0 Å². The molecule has 0 spiro atoms. The number of thiophene rings is 1. The molecule has 0 atom stereocenters. The van der Waals surface area contributed by atoms with Crippen molar-refractivity contribution < 1.29 is 4.42 Å². The fourth-order valence-electron chi connectivity index (χ4n) is 1.80. The van der Waals surface area contributed by atoms with E-state index >= 15 is 0 Å². The third kappa shape index (κ3) is 2.41. The highest BCUT2D eigenvalue weighted by molar-refractivity contribution is 7.13. The molecular formula is C14H10N2O2S. The van der Waals surface area contributed by atoms with E-state index in [9.17, 15) is 4.79 Å². The van der Waals surface area contributed by atoms with E-state index in [1.807, 2.05) is 35.7 Å². The van der Waals surface area contributed by atoms with Crippen molar-refractivity contribution in [1.29, 1.82) is 0 Å².